The Hall–Kier alpha value is -2.18. The highest BCUT2D eigenvalue weighted by atomic mass is 32.1. The molecule has 0 aliphatic heterocycles. The topological polar surface area (TPSA) is 81.3 Å². The van der Waals surface area contributed by atoms with Gasteiger partial charge in [-0.1, -0.05) is 60.7 Å². The number of hydrogen-bond acceptors (Lipinski definition) is 2. The van der Waals surface area contributed by atoms with Crippen LogP contribution in [-0.4, -0.2) is 15.1 Å². The molecule has 2 aromatic carbocycles. The first-order chi connectivity index (χ1) is 10.5. The van der Waals surface area contributed by atoms with E-state index in [-0.39, 0.29) is 5.11 Å². The van der Waals surface area contributed by atoms with Gasteiger partial charge in [0.25, 0.3) is 0 Å². The zero-order valence-electron chi connectivity index (χ0n) is 12.2. The summed E-state index contributed by atoms with van der Waals surface area (Å²) < 4.78 is 0. The number of benzene rings is 2. The smallest absolute Gasteiger partial charge is 0.166 e. The first-order valence-corrected chi connectivity index (χ1v) is 7.48. The van der Waals surface area contributed by atoms with Crippen LogP contribution in [0.2, 0.25) is 0 Å². The van der Waals surface area contributed by atoms with E-state index in [1.807, 2.05) is 41.3 Å². The zero-order valence-corrected chi connectivity index (χ0v) is 13.8. The van der Waals surface area contributed by atoms with Crippen molar-refractivity contribution < 1.29 is 0 Å². The van der Waals surface area contributed by atoms with Crippen LogP contribution in [0.1, 0.15) is 11.1 Å². The Morgan fingerprint density at radius 1 is 0.727 bits per heavy atom. The maximum Gasteiger partial charge on any atom is 0.166 e. The van der Waals surface area contributed by atoms with Crippen molar-refractivity contribution >= 4 is 34.7 Å². The highest BCUT2D eigenvalue weighted by Crippen LogP contribution is 2.09. The fourth-order valence-corrected chi connectivity index (χ4v) is 1.95. The third kappa shape index (κ3) is 7.56. The van der Waals surface area contributed by atoms with Crippen molar-refractivity contribution in [3.05, 3.63) is 71.8 Å². The lowest BCUT2D eigenvalue weighted by atomic mass is 10.2. The third-order valence-corrected chi connectivity index (χ3v) is 3.00. The van der Waals surface area contributed by atoms with Crippen LogP contribution in [0.5, 0.6) is 0 Å². The summed E-state index contributed by atoms with van der Waals surface area (Å²) >= 11 is 9.21. The third-order valence-electron chi connectivity index (χ3n) is 2.74. The Morgan fingerprint density at radius 2 is 1.05 bits per heavy atom. The van der Waals surface area contributed by atoms with E-state index >= 15 is 0 Å². The first-order valence-electron chi connectivity index (χ1n) is 6.66. The lowest BCUT2D eigenvalue weighted by Gasteiger charge is -2.23. The van der Waals surface area contributed by atoms with Gasteiger partial charge in [-0.2, -0.15) is 0 Å². The van der Waals surface area contributed by atoms with Gasteiger partial charge in [-0.15, -0.1) is 0 Å². The predicted octanol–water partition coefficient (Wildman–Crippen LogP) is 2.12. The van der Waals surface area contributed by atoms with Crippen LogP contribution in [0.4, 0.5) is 0 Å². The van der Waals surface area contributed by atoms with Gasteiger partial charge >= 0.3 is 0 Å². The Labute approximate surface area is 141 Å². The molecule has 0 amide bonds. The molecule has 0 saturated carbocycles. The minimum absolute atomic E-state index is 0.000000000000000222. The van der Waals surface area contributed by atoms with E-state index in [0.29, 0.717) is 5.11 Å². The Balaban J connectivity index is 0.000000541. The molecule has 116 valence electrons. The summed E-state index contributed by atoms with van der Waals surface area (Å²) in [6.07, 6.45) is 0. The molecule has 0 unspecified atom stereocenters. The number of rotatable bonds is 4. The fourth-order valence-electron chi connectivity index (χ4n) is 1.82. The summed E-state index contributed by atoms with van der Waals surface area (Å²) in [6.45, 7) is 1.48. The lowest BCUT2D eigenvalue weighted by molar-refractivity contribution is 0.409. The van der Waals surface area contributed by atoms with Gasteiger partial charge in [0.05, 0.1) is 0 Å². The van der Waals surface area contributed by atoms with Gasteiger partial charge in [0.15, 0.2) is 10.2 Å². The van der Waals surface area contributed by atoms with Crippen molar-refractivity contribution in [2.24, 2.45) is 17.2 Å². The number of nitrogens with zero attached hydrogens (tertiary/aromatic N) is 1. The SMILES string of the molecule is NC(=S)N(Cc1ccccc1)Cc1ccccc1.NC(N)=S. The quantitative estimate of drug-likeness (QED) is 0.744. The highest BCUT2D eigenvalue weighted by Gasteiger charge is 2.07. The molecule has 0 heterocycles. The molecule has 0 aliphatic carbocycles. The molecular weight excluding hydrogens is 312 g/mol. The maximum atomic E-state index is 5.79. The molecule has 0 aromatic heterocycles. The van der Waals surface area contributed by atoms with E-state index < -0.39 is 0 Å². The normalized spacial score (nSPS) is 9.27. The van der Waals surface area contributed by atoms with E-state index in [1.54, 1.807) is 0 Å². The standard InChI is InChI=1S/C15H16N2S.CH4N2S/c16-15(18)17(11-13-7-3-1-4-8-13)12-14-9-5-2-6-10-14;2-1(3)4/h1-10H,11-12H2,(H2,16,18);(H4,2,3,4). The zero-order chi connectivity index (χ0) is 16.4. The molecule has 0 bridgehead atoms. The summed E-state index contributed by atoms with van der Waals surface area (Å²) in [5.41, 5.74) is 17.4. The maximum absolute atomic E-state index is 5.79. The van der Waals surface area contributed by atoms with E-state index in [9.17, 15) is 0 Å². The van der Waals surface area contributed by atoms with Crippen LogP contribution in [0.15, 0.2) is 60.7 Å². The second-order valence-electron chi connectivity index (χ2n) is 4.57. The van der Waals surface area contributed by atoms with Crippen molar-refractivity contribution in [2.75, 3.05) is 0 Å². The van der Waals surface area contributed by atoms with E-state index in [0.717, 1.165) is 13.1 Å². The van der Waals surface area contributed by atoms with Gasteiger partial charge in [-0.05, 0) is 35.6 Å². The average molecular weight is 332 g/mol. The van der Waals surface area contributed by atoms with Crippen LogP contribution >= 0.6 is 24.4 Å². The Bertz CT molecular complexity index is 542. The molecule has 0 atom stereocenters. The van der Waals surface area contributed by atoms with Crippen molar-refractivity contribution in [1.29, 1.82) is 0 Å². The minimum atomic E-state index is 0.000000000000000222. The predicted molar refractivity (Wildman–Crippen MR) is 99.9 cm³/mol. The van der Waals surface area contributed by atoms with Crippen molar-refractivity contribution in [1.82, 2.24) is 4.90 Å². The van der Waals surface area contributed by atoms with Gasteiger partial charge < -0.3 is 22.1 Å². The van der Waals surface area contributed by atoms with Gasteiger partial charge in [0.1, 0.15) is 0 Å². The van der Waals surface area contributed by atoms with E-state index in [2.05, 4.69) is 48.0 Å². The number of nitrogens with two attached hydrogens (primary N) is 3. The summed E-state index contributed by atoms with van der Waals surface area (Å²) in [6, 6.07) is 20.4. The van der Waals surface area contributed by atoms with Gasteiger partial charge in [-0.25, -0.2) is 0 Å². The second kappa shape index (κ2) is 9.70. The molecule has 2 rings (SSSR count). The van der Waals surface area contributed by atoms with Crippen LogP contribution in [0.3, 0.4) is 0 Å². The van der Waals surface area contributed by atoms with E-state index in [1.165, 1.54) is 11.1 Å². The van der Waals surface area contributed by atoms with Gasteiger partial charge in [0, 0.05) is 13.1 Å². The van der Waals surface area contributed by atoms with Crippen molar-refractivity contribution in [2.45, 2.75) is 13.1 Å². The second-order valence-corrected chi connectivity index (χ2v) is 5.46. The molecular formula is C16H20N4S2. The summed E-state index contributed by atoms with van der Waals surface area (Å²) in [4.78, 5) is 2.00. The van der Waals surface area contributed by atoms with Gasteiger partial charge in [0.2, 0.25) is 0 Å². The largest absolute Gasteiger partial charge is 0.377 e. The van der Waals surface area contributed by atoms with Gasteiger partial charge in [-0.3, -0.25) is 0 Å². The van der Waals surface area contributed by atoms with Crippen molar-refractivity contribution in [3.63, 3.8) is 0 Å². The van der Waals surface area contributed by atoms with Crippen LogP contribution in [0, 0.1) is 0 Å². The van der Waals surface area contributed by atoms with E-state index in [4.69, 9.17) is 18.0 Å². The fraction of sp³-hybridized carbons (Fsp3) is 0.125. The molecule has 0 saturated heterocycles. The average Bonchev–Trinajstić information content (AvgIpc) is 2.48. The first kappa shape index (κ1) is 17.9. The number of thiocarbonyl (C=S) groups is 2. The lowest BCUT2D eigenvalue weighted by Crippen LogP contribution is -2.34. The summed E-state index contributed by atoms with van der Waals surface area (Å²) in [7, 11) is 0. The minimum Gasteiger partial charge on any atom is -0.377 e. The monoisotopic (exact) mass is 332 g/mol. The van der Waals surface area contributed by atoms with Crippen LogP contribution in [-0.2, 0) is 13.1 Å². The van der Waals surface area contributed by atoms with Crippen LogP contribution in [0.25, 0.3) is 0 Å². The molecule has 4 nitrogen and oxygen atoms in total. The Kier molecular flexibility index (Phi) is 7.88. The summed E-state index contributed by atoms with van der Waals surface area (Å²) in [5, 5.41) is 0.433. The highest BCUT2D eigenvalue weighted by molar-refractivity contribution is 7.80. The number of hydrogen-bond donors (Lipinski definition) is 3. The Morgan fingerprint density at radius 3 is 1.32 bits per heavy atom. The molecule has 6 heteroatoms. The molecule has 2 aromatic rings. The molecule has 0 radical (unpaired) electrons. The van der Waals surface area contributed by atoms with Crippen molar-refractivity contribution in [3.8, 4) is 0 Å². The molecule has 22 heavy (non-hydrogen) atoms. The molecule has 0 spiro atoms. The molecule has 0 fully saturated rings. The summed E-state index contributed by atoms with van der Waals surface area (Å²) in [5.74, 6) is 0. The molecule has 6 N–H and O–H groups in total. The van der Waals surface area contributed by atoms with Crippen LogP contribution < -0.4 is 17.2 Å². The molecule has 0 aliphatic rings.